The molecule has 0 spiro atoms. The zero-order valence-electron chi connectivity index (χ0n) is 13.0. The van der Waals surface area contributed by atoms with Gasteiger partial charge in [-0.2, -0.15) is 11.3 Å². The van der Waals surface area contributed by atoms with Gasteiger partial charge in [0.2, 0.25) is 0 Å². The molecule has 0 aliphatic heterocycles. The number of rotatable bonds is 6. The van der Waals surface area contributed by atoms with Gasteiger partial charge in [-0.1, -0.05) is 18.2 Å². The van der Waals surface area contributed by atoms with Crippen LogP contribution in [0.25, 0.3) is 0 Å². The Morgan fingerprint density at radius 2 is 1.90 bits per heavy atom. The normalized spacial score (nSPS) is 13.3. The van der Waals surface area contributed by atoms with Crippen molar-refractivity contribution >= 4 is 11.3 Å². The Kier molecular flexibility index (Phi) is 5.54. The van der Waals surface area contributed by atoms with Crippen molar-refractivity contribution in [3.8, 4) is 0 Å². The largest absolute Gasteiger partial charge is 0.312 e. The number of halogens is 1. The molecule has 0 bridgehead atoms. The molecule has 1 aromatic heterocycles. The summed E-state index contributed by atoms with van der Waals surface area (Å²) >= 11 is 1.72. The number of thiophene rings is 1. The molecule has 21 heavy (non-hydrogen) atoms. The van der Waals surface area contributed by atoms with Crippen molar-refractivity contribution < 1.29 is 4.39 Å². The van der Waals surface area contributed by atoms with Gasteiger partial charge in [0.25, 0.3) is 0 Å². The minimum absolute atomic E-state index is 0.0854. The van der Waals surface area contributed by atoms with Crippen molar-refractivity contribution in [1.29, 1.82) is 0 Å². The molecule has 1 unspecified atom stereocenters. The average molecular weight is 305 g/mol. The second-order valence-corrected chi connectivity index (χ2v) is 7.41. The minimum atomic E-state index is -0.0939. The second-order valence-electron chi connectivity index (χ2n) is 6.63. The van der Waals surface area contributed by atoms with Gasteiger partial charge in [-0.25, -0.2) is 4.39 Å². The molecule has 0 amide bonds. The van der Waals surface area contributed by atoms with Crippen molar-refractivity contribution in [2.24, 2.45) is 5.92 Å². The zero-order valence-corrected chi connectivity index (χ0v) is 13.8. The van der Waals surface area contributed by atoms with Crippen LogP contribution in [0.2, 0.25) is 0 Å². The van der Waals surface area contributed by atoms with Gasteiger partial charge in [0.15, 0.2) is 0 Å². The minimum Gasteiger partial charge on any atom is -0.312 e. The molecular weight excluding hydrogens is 281 g/mol. The number of hydrogen-bond acceptors (Lipinski definition) is 2. The summed E-state index contributed by atoms with van der Waals surface area (Å²) in [6.45, 7) is 7.39. The summed E-state index contributed by atoms with van der Waals surface area (Å²) in [5, 5.41) is 7.84. The fourth-order valence-electron chi connectivity index (χ4n) is 2.38. The average Bonchev–Trinajstić information content (AvgIpc) is 2.90. The number of benzene rings is 1. The van der Waals surface area contributed by atoms with Crippen molar-refractivity contribution in [2.75, 3.05) is 6.54 Å². The highest BCUT2D eigenvalue weighted by molar-refractivity contribution is 7.07. The van der Waals surface area contributed by atoms with Crippen LogP contribution < -0.4 is 5.32 Å². The number of hydrogen-bond donors (Lipinski definition) is 1. The first-order valence-corrected chi connectivity index (χ1v) is 8.38. The molecule has 1 heterocycles. The highest BCUT2D eigenvalue weighted by Crippen LogP contribution is 2.19. The molecule has 0 fully saturated rings. The lowest BCUT2D eigenvalue weighted by atomic mass is 9.92. The quantitative estimate of drug-likeness (QED) is 0.817. The molecule has 0 aliphatic rings. The third-order valence-electron chi connectivity index (χ3n) is 3.49. The summed E-state index contributed by atoms with van der Waals surface area (Å²) in [6, 6.07) is 9.27. The molecule has 2 aromatic rings. The Bertz CT molecular complexity index is 543. The third kappa shape index (κ3) is 5.60. The lowest BCUT2D eigenvalue weighted by Gasteiger charge is -2.25. The molecule has 3 heteroatoms. The van der Waals surface area contributed by atoms with Crippen LogP contribution in [0.15, 0.2) is 41.1 Å². The fourth-order valence-corrected chi connectivity index (χ4v) is 3.07. The maximum atomic E-state index is 13.9. The van der Waals surface area contributed by atoms with E-state index in [1.165, 1.54) is 5.56 Å². The molecule has 2 rings (SSSR count). The van der Waals surface area contributed by atoms with E-state index in [-0.39, 0.29) is 11.4 Å². The second kappa shape index (κ2) is 7.19. The topological polar surface area (TPSA) is 12.0 Å². The molecule has 1 atom stereocenters. The molecule has 0 aliphatic carbocycles. The van der Waals surface area contributed by atoms with Gasteiger partial charge >= 0.3 is 0 Å². The van der Waals surface area contributed by atoms with Crippen LogP contribution in [0.4, 0.5) is 4.39 Å². The lowest BCUT2D eigenvalue weighted by Crippen LogP contribution is -2.40. The predicted octanol–water partition coefficient (Wildman–Crippen LogP) is 4.68. The van der Waals surface area contributed by atoms with E-state index >= 15 is 0 Å². The zero-order chi connectivity index (χ0) is 15.3. The maximum absolute atomic E-state index is 13.9. The van der Waals surface area contributed by atoms with Crippen molar-refractivity contribution in [2.45, 2.75) is 39.2 Å². The molecule has 1 N–H and O–H groups in total. The van der Waals surface area contributed by atoms with E-state index in [4.69, 9.17) is 0 Å². The SMILES string of the molecule is CC(C)(C)NCC(Cc1ccsc1)Cc1ccccc1F. The Hall–Kier alpha value is -1.19. The van der Waals surface area contributed by atoms with Crippen LogP contribution in [0.5, 0.6) is 0 Å². The number of nitrogens with one attached hydrogen (secondary N) is 1. The van der Waals surface area contributed by atoms with Gasteiger partial charge in [0, 0.05) is 5.54 Å². The van der Waals surface area contributed by atoms with Crippen LogP contribution in [0.3, 0.4) is 0 Å². The first kappa shape index (κ1) is 16.2. The van der Waals surface area contributed by atoms with Crippen LogP contribution in [-0.2, 0) is 12.8 Å². The summed E-state index contributed by atoms with van der Waals surface area (Å²) in [6.07, 6.45) is 1.76. The molecule has 1 aromatic carbocycles. The monoisotopic (exact) mass is 305 g/mol. The third-order valence-corrected chi connectivity index (χ3v) is 4.22. The fraction of sp³-hybridized carbons (Fsp3) is 0.444. The van der Waals surface area contributed by atoms with Gasteiger partial charge < -0.3 is 5.32 Å². The highest BCUT2D eigenvalue weighted by atomic mass is 32.1. The summed E-state index contributed by atoms with van der Waals surface area (Å²) in [4.78, 5) is 0. The molecule has 0 radical (unpaired) electrons. The van der Waals surface area contributed by atoms with Gasteiger partial charge in [-0.05, 0) is 80.1 Å². The standard InChI is InChI=1S/C18H24FNS/c1-18(2,3)20-12-15(10-14-8-9-21-13-14)11-16-6-4-5-7-17(16)19/h4-9,13,15,20H,10-12H2,1-3H3. The van der Waals surface area contributed by atoms with Crippen LogP contribution in [0, 0.1) is 11.7 Å². The van der Waals surface area contributed by atoms with E-state index in [9.17, 15) is 4.39 Å². The Labute approximate surface area is 131 Å². The Morgan fingerprint density at radius 1 is 1.14 bits per heavy atom. The Morgan fingerprint density at radius 3 is 2.52 bits per heavy atom. The Balaban J connectivity index is 2.06. The van der Waals surface area contributed by atoms with Crippen LogP contribution in [-0.4, -0.2) is 12.1 Å². The predicted molar refractivity (Wildman–Crippen MR) is 89.4 cm³/mol. The summed E-state index contributed by atoms with van der Waals surface area (Å²) in [5.74, 6) is 0.305. The van der Waals surface area contributed by atoms with Gasteiger partial charge in [0.1, 0.15) is 5.82 Å². The van der Waals surface area contributed by atoms with E-state index in [0.717, 1.165) is 24.9 Å². The summed E-state index contributed by atoms with van der Waals surface area (Å²) in [5.41, 5.74) is 2.24. The van der Waals surface area contributed by atoms with Crippen LogP contribution in [0.1, 0.15) is 31.9 Å². The van der Waals surface area contributed by atoms with Gasteiger partial charge in [0.05, 0.1) is 0 Å². The molecular formula is C18H24FNS. The molecule has 0 saturated heterocycles. The highest BCUT2D eigenvalue weighted by Gasteiger charge is 2.17. The summed E-state index contributed by atoms with van der Waals surface area (Å²) < 4.78 is 13.9. The lowest BCUT2D eigenvalue weighted by molar-refractivity contribution is 0.365. The summed E-state index contributed by atoms with van der Waals surface area (Å²) in [7, 11) is 0. The first-order chi connectivity index (χ1) is 9.94. The van der Waals surface area contributed by atoms with Crippen molar-refractivity contribution in [1.82, 2.24) is 5.32 Å². The van der Waals surface area contributed by atoms with Gasteiger partial charge in [-0.15, -0.1) is 0 Å². The van der Waals surface area contributed by atoms with E-state index in [0.29, 0.717) is 5.92 Å². The van der Waals surface area contributed by atoms with Crippen molar-refractivity contribution in [3.63, 3.8) is 0 Å². The van der Waals surface area contributed by atoms with E-state index < -0.39 is 0 Å². The molecule has 114 valence electrons. The van der Waals surface area contributed by atoms with Gasteiger partial charge in [-0.3, -0.25) is 0 Å². The molecule has 1 nitrogen and oxygen atoms in total. The van der Waals surface area contributed by atoms with Crippen molar-refractivity contribution in [3.05, 3.63) is 58.0 Å². The van der Waals surface area contributed by atoms with E-state index in [1.807, 2.05) is 12.1 Å². The molecule has 0 saturated carbocycles. The first-order valence-electron chi connectivity index (χ1n) is 7.43. The van der Waals surface area contributed by atoms with Crippen LogP contribution >= 0.6 is 11.3 Å². The maximum Gasteiger partial charge on any atom is 0.126 e. The van der Waals surface area contributed by atoms with E-state index in [1.54, 1.807) is 23.5 Å². The van der Waals surface area contributed by atoms with E-state index in [2.05, 4.69) is 42.9 Å². The smallest absolute Gasteiger partial charge is 0.126 e.